The maximum absolute atomic E-state index is 6.19. The van der Waals surface area contributed by atoms with Gasteiger partial charge >= 0.3 is 7.12 Å². The predicted octanol–water partition coefficient (Wildman–Crippen LogP) is 3.96. The van der Waals surface area contributed by atoms with Crippen LogP contribution in [0.4, 0.5) is 0 Å². The standard InChI is InChI=1S/C20H33BN2O3Si/c1-15-11-16(21-25-19(2,3)20(4,5)26-21)12-17-18(15)23(13-22-17)14-24-9-10-27(6,7)8/h11-13H,9-10,14H2,1-8H3. The van der Waals surface area contributed by atoms with Crippen molar-refractivity contribution in [3.05, 3.63) is 24.0 Å². The molecule has 27 heavy (non-hydrogen) atoms. The molecule has 7 heteroatoms. The first-order valence-electron chi connectivity index (χ1n) is 9.78. The fourth-order valence-electron chi connectivity index (χ4n) is 3.20. The van der Waals surface area contributed by atoms with Crippen LogP contribution in [-0.2, 0) is 20.8 Å². The SMILES string of the molecule is Cc1cc(B2OC(C)(C)C(C)(C)O2)cc2ncn(COCC[Si](C)(C)C)c12. The van der Waals surface area contributed by atoms with Gasteiger partial charge in [-0.1, -0.05) is 25.7 Å². The third-order valence-electron chi connectivity index (χ3n) is 5.68. The number of aromatic nitrogens is 2. The van der Waals surface area contributed by atoms with Crippen LogP contribution in [0.25, 0.3) is 11.0 Å². The molecule has 0 unspecified atom stereocenters. The smallest absolute Gasteiger partial charge is 0.399 e. The van der Waals surface area contributed by atoms with Gasteiger partial charge in [-0.2, -0.15) is 0 Å². The van der Waals surface area contributed by atoms with Crippen molar-refractivity contribution in [2.24, 2.45) is 0 Å². The first-order chi connectivity index (χ1) is 12.4. The van der Waals surface area contributed by atoms with Gasteiger partial charge in [0.05, 0.1) is 28.6 Å². The summed E-state index contributed by atoms with van der Waals surface area (Å²) in [6.07, 6.45) is 1.86. The van der Waals surface area contributed by atoms with Gasteiger partial charge in [0.1, 0.15) is 6.73 Å². The second-order valence-corrected chi connectivity index (χ2v) is 15.5. The van der Waals surface area contributed by atoms with Gasteiger partial charge < -0.3 is 18.6 Å². The highest BCUT2D eigenvalue weighted by atomic mass is 28.3. The average Bonchev–Trinajstić information content (AvgIpc) is 3.01. The molecule has 0 saturated carbocycles. The molecule has 0 atom stereocenters. The van der Waals surface area contributed by atoms with Crippen LogP contribution in [-0.4, -0.2) is 42.6 Å². The number of imidazole rings is 1. The lowest BCUT2D eigenvalue weighted by molar-refractivity contribution is 0.00578. The molecular weight excluding hydrogens is 355 g/mol. The van der Waals surface area contributed by atoms with Gasteiger partial charge in [0.2, 0.25) is 0 Å². The molecule has 5 nitrogen and oxygen atoms in total. The normalized spacial score (nSPS) is 19.2. The Kier molecular flexibility index (Phi) is 5.36. The molecule has 148 valence electrons. The highest BCUT2D eigenvalue weighted by Gasteiger charge is 2.51. The lowest BCUT2D eigenvalue weighted by atomic mass is 9.78. The third kappa shape index (κ3) is 4.31. The number of fused-ring (bicyclic) bond motifs is 1. The van der Waals surface area contributed by atoms with E-state index in [9.17, 15) is 0 Å². The summed E-state index contributed by atoms with van der Waals surface area (Å²) in [4.78, 5) is 4.59. The number of benzene rings is 1. The van der Waals surface area contributed by atoms with Crippen LogP contribution in [0.2, 0.25) is 25.7 Å². The second-order valence-electron chi connectivity index (χ2n) is 9.86. The van der Waals surface area contributed by atoms with Crippen LogP contribution in [0.1, 0.15) is 33.3 Å². The topological polar surface area (TPSA) is 45.5 Å². The summed E-state index contributed by atoms with van der Waals surface area (Å²) >= 11 is 0. The van der Waals surface area contributed by atoms with E-state index in [0.717, 1.165) is 28.7 Å². The molecule has 1 aliphatic rings. The van der Waals surface area contributed by atoms with Crippen molar-refractivity contribution < 1.29 is 14.0 Å². The fraction of sp³-hybridized carbons (Fsp3) is 0.650. The van der Waals surface area contributed by atoms with Gasteiger partial charge in [-0.25, -0.2) is 4.98 Å². The van der Waals surface area contributed by atoms with Gasteiger partial charge in [0.15, 0.2) is 0 Å². The minimum Gasteiger partial charge on any atom is -0.399 e. The number of hydrogen-bond acceptors (Lipinski definition) is 4. The van der Waals surface area contributed by atoms with Gasteiger partial charge in [-0.15, -0.1) is 0 Å². The number of aryl methyl sites for hydroxylation is 1. The van der Waals surface area contributed by atoms with Crippen molar-refractivity contribution in [2.75, 3.05) is 6.61 Å². The summed E-state index contributed by atoms with van der Waals surface area (Å²) in [5.41, 5.74) is 3.55. The molecule has 0 spiro atoms. The molecule has 0 bridgehead atoms. The van der Waals surface area contributed by atoms with E-state index in [-0.39, 0.29) is 18.3 Å². The van der Waals surface area contributed by atoms with Crippen molar-refractivity contribution in [1.82, 2.24) is 9.55 Å². The largest absolute Gasteiger partial charge is 0.494 e. The molecule has 3 rings (SSSR count). The van der Waals surface area contributed by atoms with Crippen molar-refractivity contribution in [1.29, 1.82) is 0 Å². The van der Waals surface area contributed by atoms with Crippen LogP contribution in [0.5, 0.6) is 0 Å². The van der Waals surface area contributed by atoms with E-state index in [1.165, 1.54) is 6.04 Å². The summed E-state index contributed by atoms with van der Waals surface area (Å²) in [6.45, 7) is 18.8. The molecule has 1 aromatic heterocycles. The van der Waals surface area contributed by atoms with E-state index in [4.69, 9.17) is 14.0 Å². The van der Waals surface area contributed by atoms with E-state index in [1.54, 1.807) is 0 Å². The molecule has 0 N–H and O–H groups in total. The molecule has 1 aromatic carbocycles. The van der Waals surface area contributed by atoms with Crippen molar-refractivity contribution >= 4 is 31.7 Å². The van der Waals surface area contributed by atoms with E-state index in [1.807, 2.05) is 6.33 Å². The monoisotopic (exact) mass is 388 g/mol. The van der Waals surface area contributed by atoms with Gasteiger partial charge in [-0.3, -0.25) is 0 Å². The highest BCUT2D eigenvalue weighted by Crippen LogP contribution is 2.36. The zero-order valence-electron chi connectivity index (χ0n) is 18.0. The fourth-order valence-corrected chi connectivity index (χ4v) is 3.96. The quantitative estimate of drug-likeness (QED) is 0.555. The predicted molar refractivity (Wildman–Crippen MR) is 114 cm³/mol. The van der Waals surface area contributed by atoms with Gasteiger partial charge in [-0.05, 0) is 57.8 Å². The van der Waals surface area contributed by atoms with E-state index in [0.29, 0.717) is 6.73 Å². The van der Waals surface area contributed by atoms with Crippen LogP contribution in [0.15, 0.2) is 18.5 Å². The number of ether oxygens (including phenoxy) is 1. The Hall–Kier alpha value is -1.15. The first kappa shape index (κ1) is 20.6. The zero-order chi connectivity index (χ0) is 20.0. The lowest BCUT2D eigenvalue weighted by Gasteiger charge is -2.32. The molecule has 1 saturated heterocycles. The Bertz CT molecular complexity index is 810. The number of hydrogen-bond donors (Lipinski definition) is 0. The summed E-state index contributed by atoms with van der Waals surface area (Å²) in [6, 6.07) is 5.39. The minimum absolute atomic E-state index is 0.343. The van der Waals surface area contributed by atoms with Crippen LogP contribution in [0, 0.1) is 6.92 Å². The average molecular weight is 388 g/mol. The van der Waals surface area contributed by atoms with Crippen molar-refractivity contribution in [2.45, 2.75) is 78.2 Å². The maximum Gasteiger partial charge on any atom is 0.494 e. The van der Waals surface area contributed by atoms with Crippen LogP contribution in [0.3, 0.4) is 0 Å². The Morgan fingerprint density at radius 3 is 2.33 bits per heavy atom. The van der Waals surface area contributed by atoms with Crippen molar-refractivity contribution in [3.63, 3.8) is 0 Å². The second kappa shape index (κ2) is 7.03. The summed E-state index contributed by atoms with van der Waals surface area (Å²) in [7, 11) is -1.43. The first-order valence-corrected chi connectivity index (χ1v) is 13.5. The molecule has 0 aliphatic carbocycles. The Balaban J connectivity index is 1.77. The van der Waals surface area contributed by atoms with Crippen molar-refractivity contribution in [3.8, 4) is 0 Å². The van der Waals surface area contributed by atoms with Gasteiger partial charge in [0, 0.05) is 14.7 Å². The molecular formula is C20H33BN2O3Si. The molecule has 0 radical (unpaired) electrons. The van der Waals surface area contributed by atoms with Gasteiger partial charge in [0.25, 0.3) is 0 Å². The summed E-state index contributed by atoms with van der Waals surface area (Å²) < 4.78 is 20.4. The van der Waals surface area contributed by atoms with E-state index >= 15 is 0 Å². The summed E-state index contributed by atoms with van der Waals surface area (Å²) in [5.74, 6) is 0. The molecule has 0 amide bonds. The Morgan fingerprint density at radius 1 is 1.11 bits per heavy atom. The van der Waals surface area contributed by atoms with Crippen LogP contribution < -0.4 is 5.46 Å². The van der Waals surface area contributed by atoms with E-state index < -0.39 is 8.07 Å². The molecule has 2 heterocycles. The molecule has 1 fully saturated rings. The number of rotatable bonds is 6. The third-order valence-corrected chi connectivity index (χ3v) is 7.38. The Morgan fingerprint density at radius 2 is 1.74 bits per heavy atom. The molecule has 2 aromatic rings. The Labute approximate surface area is 164 Å². The van der Waals surface area contributed by atoms with E-state index in [2.05, 4.69) is 75.9 Å². The number of nitrogens with zero attached hydrogens (tertiary/aromatic N) is 2. The highest BCUT2D eigenvalue weighted by molar-refractivity contribution is 6.76. The van der Waals surface area contributed by atoms with Crippen LogP contribution >= 0.6 is 0 Å². The lowest BCUT2D eigenvalue weighted by Crippen LogP contribution is -2.41. The minimum atomic E-state index is -1.07. The molecule has 1 aliphatic heterocycles. The zero-order valence-corrected chi connectivity index (χ0v) is 19.0. The maximum atomic E-state index is 6.19. The summed E-state index contributed by atoms with van der Waals surface area (Å²) in [5, 5.41) is 0.